The lowest BCUT2D eigenvalue weighted by Crippen LogP contribution is -2.10. The van der Waals surface area contributed by atoms with Gasteiger partial charge >= 0.3 is 0 Å². The molecule has 1 atom stereocenters. The molecule has 1 aromatic rings. The van der Waals surface area contributed by atoms with Gasteiger partial charge in [-0.3, -0.25) is 4.98 Å². The van der Waals surface area contributed by atoms with Crippen molar-refractivity contribution in [2.45, 2.75) is 5.92 Å². The van der Waals surface area contributed by atoms with Crippen LogP contribution in [0.3, 0.4) is 0 Å². The maximum atomic E-state index is 9.01. The second-order valence-electron chi connectivity index (χ2n) is 2.62. The number of aliphatic hydroxyl groups excluding tert-OH is 1. The average Bonchev–Trinajstić information content (AvgIpc) is 2.15. The third kappa shape index (κ3) is 2.29. The number of hydrogen-bond donors (Lipinski definition) is 1. The van der Waals surface area contributed by atoms with E-state index in [0.717, 1.165) is 5.56 Å². The smallest absolute Gasteiger partial charge is 0.0553 e. The highest BCUT2D eigenvalue weighted by Crippen LogP contribution is 2.13. The van der Waals surface area contributed by atoms with Gasteiger partial charge in [0.25, 0.3) is 0 Å². The maximum Gasteiger partial charge on any atom is 0.0553 e. The number of methoxy groups -OCH3 is 1. The molecule has 0 bridgehead atoms. The van der Waals surface area contributed by atoms with Crippen LogP contribution in [0.2, 0.25) is 0 Å². The molecular weight excluding hydrogens is 154 g/mol. The van der Waals surface area contributed by atoms with E-state index in [0.29, 0.717) is 6.61 Å². The van der Waals surface area contributed by atoms with Crippen LogP contribution < -0.4 is 0 Å². The van der Waals surface area contributed by atoms with E-state index in [1.165, 1.54) is 0 Å². The molecule has 0 aliphatic rings. The van der Waals surface area contributed by atoms with Gasteiger partial charge in [-0.25, -0.2) is 0 Å². The first-order valence-electron chi connectivity index (χ1n) is 3.88. The van der Waals surface area contributed by atoms with Crippen LogP contribution in [-0.2, 0) is 4.74 Å². The summed E-state index contributed by atoms with van der Waals surface area (Å²) in [5, 5.41) is 9.01. The van der Waals surface area contributed by atoms with Crippen molar-refractivity contribution in [3.63, 3.8) is 0 Å². The van der Waals surface area contributed by atoms with Crippen molar-refractivity contribution < 1.29 is 9.84 Å². The third-order valence-electron chi connectivity index (χ3n) is 1.77. The fourth-order valence-corrected chi connectivity index (χ4v) is 1.09. The lowest BCUT2D eigenvalue weighted by molar-refractivity contribution is 0.144. The summed E-state index contributed by atoms with van der Waals surface area (Å²) in [5.74, 6) is 0.0676. The lowest BCUT2D eigenvalue weighted by Gasteiger charge is -2.12. The highest BCUT2D eigenvalue weighted by molar-refractivity contribution is 5.15. The third-order valence-corrected chi connectivity index (χ3v) is 1.77. The van der Waals surface area contributed by atoms with Crippen molar-refractivity contribution in [3.05, 3.63) is 30.1 Å². The van der Waals surface area contributed by atoms with Gasteiger partial charge in [0.1, 0.15) is 0 Å². The first-order valence-corrected chi connectivity index (χ1v) is 3.88. The number of nitrogens with zero attached hydrogens (tertiary/aromatic N) is 1. The molecule has 0 saturated heterocycles. The van der Waals surface area contributed by atoms with Crippen LogP contribution >= 0.6 is 0 Å². The van der Waals surface area contributed by atoms with E-state index in [2.05, 4.69) is 4.98 Å². The number of rotatable bonds is 4. The Bertz CT molecular complexity index is 213. The average molecular weight is 167 g/mol. The van der Waals surface area contributed by atoms with Crippen LogP contribution in [-0.4, -0.2) is 30.4 Å². The van der Waals surface area contributed by atoms with Crippen molar-refractivity contribution in [1.29, 1.82) is 0 Å². The molecule has 1 N–H and O–H groups in total. The number of hydrogen-bond acceptors (Lipinski definition) is 3. The molecule has 3 nitrogen and oxygen atoms in total. The normalized spacial score (nSPS) is 12.8. The Hall–Kier alpha value is -0.930. The highest BCUT2D eigenvalue weighted by Gasteiger charge is 2.08. The first-order chi connectivity index (χ1) is 5.88. The van der Waals surface area contributed by atoms with Gasteiger partial charge < -0.3 is 9.84 Å². The summed E-state index contributed by atoms with van der Waals surface area (Å²) in [5.41, 5.74) is 1.06. The summed E-state index contributed by atoms with van der Waals surface area (Å²) in [6, 6.07) is 3.78. The molecule has 0 amide bonds. The van der Waals surface area contributed by atoms with Gasteiger partial charge in [-0.05, 0) is 17.7 Å². The van der Waals surface area contributed by atoms with Crippen molar-refractivity contribution in [1.82, 2.24) is 4.98 Å². The minimum atomic E-state index is 0.0676. The summed E-state index contributed by atoms with van der Waals surface area (Å²) in [6.07, 6.45) is 3.43. The maximum absolute atomic E-state index is 9.01. The van der Waals surface area contributed by atoms with Crippen molar-refractivity contribution >= 4 is 0 Å². The standard InChI is InChI=1S/C9H13NO2/c1-12-7-9(6-11)8-2-4-10-5-3-8/h2-5,9,11H,6-7H2,1H3. The molecule has 0 saturated carbocycles. The second kappa shape index (κ2) is 4.85. The molecule has 0 spiro atoms. The van der Waals surface area contributed by atoms with Gasteiger partial charge in [-0.1, -0.05) is 0 Å². The van der Waals surface area contributed by atoms with Gasteiger partial charge in [0.2, 0.25) is 0 Å². The van der Waals surface area contributed by atoms with E-state index < -0.39 is 0 Å². The van der Waals surface area contributed by atoms with Crippen LogP contribution in [0, 0.1) is 0 Å². The van der Waals surface area contributed by atoms with E-state index in [-0.39, 0.29) is 12.5 Å². The van der Waals surface area contributed by atoms with E-state index in [9.17, 15) is 0 Å². The molecule has 1 rings (SSSR count). The minimum absolute atomic E-state index is 0.0676. The Morgan fingerprint density at radius 1 is 1.50 bits per heavy atom. The fourth-order valence-electron chi connectivity index (χ4n) is 1.09. The van der Waals surface area contributed by atoms with Crippen molar-refractivity contribution in [3.8, 4) is 0 Å². The molecule has 0 aliphatic carbocycles. The Morgan fingerprint density at radius 3 is 2.67 bits per heavy atom. The van der Waals surface area contributed by atoms with Crippen LogP contribution in [0.25, 0.3) is 0 Å². The molecule has 1 unspecified atom stereocenters. The largest absolute Gasteiger partial charge is 0.396 e. The second-order valence-corrected chi connectivity index (χ2v) is 2.62. The van der Waals surface area contributed by atoms with E-state index in [1.807, 2.05) is 12.1 Å². The van der Waals surface area contributed by atoms with Crippen molar-refractivity contribution in [2.24, 2.45) is 0 Å². The Balaban J connectivity index is 2.66. The quantitative estimate of drug-likeness (QED) is 0.721. The molecule has 0 radical (unpaired) electrons. The zero-order chi connectivity index (χ0) is 8.81. The molecule has 12 heavy (non-hydrogen) atoms. The van der Waals surface area contributed by atoms with E-state index in [1.54, 1.807) is 19.5 Å². The van der Waals surface area contributed by atoms with Gasteiger partial charge in [-0.2, -0.15) is 0 Å². The van der Waals surface area contributed by atoms with Gasteiger partial charge in [0.15, 0.2) is 0 Å². The summed E-state index contributed by atoms with van der Waals surface area (Å²) in [4.78, 5) is 3.90. The minimum Gasteiger partial charge on any atom is -0.396 e. The summed E-state index contributed by atoms with van der Waals surface area (Å²) in [6.45, 7) is 0.651. The number of aromatic nitrogens is 1. The fraction of sp³-hybridized carbons (Fsp3) is 0.444. The van der Waals surface area contributed by atoms with Crippen molar-refractivity contribution in [2.75, 3.05) is 20.3 Å². The monoisotopic (exact) mass is 167 g/mol. The predicted molar refractivity (Wildman–Crippen MR) is 45.9 cm³/mol. The van der Waals surface area contributed by atoms with Gasteiger partial charge in [0, 0.05) is 25.4 Å². The Labute approximate surface area is 72.0 Å². The molecule has 0 aromatic carbocycles. The predicted octanol–water partition coefficient (Wildman–Crippen LogP) is 0.804. The van der Waals surface area contributed by atoms with Crippen LogP contribution in [0.15, 0.2) is 24.5 Å². The molecule has 0 aliphatic heterocycles. The molecule has 1 aromatic heterocycles. The number of ether oxygens (including phenoxy) is 1. The lowest BCUT2D eigenvalue weighted by atomic mass is 10.0. The Kier molecular flexibility index (Phi) is 3.70. The highest BCUT2D eigenvalue weighted by atomic mass is 16.5. The van der Waals surface area contributed by atoms with Gasteiger partial charge in [-0.15, -0.1) is 0 Å². The van der Waals surface area contributed by atoms with Crippen LogP contribution in [0.1, 0.15) is 11.5 Å². The SMILES string of the molecule is COCC(CO)c1ccncc1. The van der Waals surface area contributed by atoms with Crippen LogP contribution in [0.4, 0.5) is 0 Å². The molecule has 3 heteroatoms. The molecule has 1 heterocycles. The number of pyridine rings is 1. The van der Waals surface area contributed by atoms with E-state index >= 15 is 0 Å². The first kappa shape index (κ1) is 9.16. The zero-order valence-corrected chi connectivity index (χ0v) is 7.10. The zero-order valence-electron chi connectivity index (χ0n) is 7.10. The summed E-state index contributed by atoms with van der Waals surface area (Å²) in [7, 11) is 1.63. The molecule has 66 valence electrons. The summed E-state index contributed by atoms with van der Waals surface area (Å²) >= 11 is 0. The molecule has 0 fully saturated rings. The van der Waals surface area contributed by atoms with Gasteiger partial charge in [0.05, 0.1) is 13.2 Å². The summed E-state index contributed by atoms with van der Waals surface area (Å²) < 4.78 is 4.97. The Morgan fingerprint density at radius 2 is 2.17 bits per heavy atom. The van der Waals surface area contributed by atoms with Crippen LogP contribution in [0.5, 0.6) is 0 Å². The topological polar surface area (TPSA) is 42.4 Å². The number of aliphatic hydroxyl groups is 1. The van der Waals surface area contributed by atoms with E-state index in [4.69, 9.17) is 9.84 Å². The molecular formula is C9H13NO2.